The molecule has 0 fully saturated rings. The maximum Gasteiger partial charge on any atom is 0.203 e. The summed E-state index contributed by atoms with van der Waals surface area (Å²) in [6, 6.07) is 9.85. The van der Waals surface area contributed by atoms with Gasteiger partial charge in [0.15, 0.2) is 11.5 Å². The molecular weight excluding hydrogens is 389 g/mol. The normalized spacial score (nSPS) is 11.0. The minimum atomic E-state index is -0.409. The van der Waals surface area contributed by atoms with E-state index < -0.39 is 5.82 Å². The lowest BCUT2D eigenvalue weighted by Crippen LogP contribution is -2.01. The first-order chi connectivity index (χ1) is 13.1. The van der Waals surface area contributed by atoms with E-state index in [4.69, 9.17) is 21.1 Å². The number of methoxy groups -OCH3 is 1. The molecule has 2 aromatic carbocycles. The molecule has 0 amide bonds. The third kappa shape index (κ3) is 4.96. The Kier molecular flexibility index (Phi) is 6.26. The number of ether oxygens (including phenoxy) is 2. The van der Waals surface area contributed by atoms with E-state index in [-0.39, 0.29) is 6.61 Å². The van der Waals surface area contributed by atoms with E-state index in [2.05, 4.69) is 15.5 Å². The van der Waals surface area contributed by atoms with Crippen molar-refractivity contribution in [3.63, 3.8) is 0 Å². The number of rotatable bonds is 7. The van der Waals surface area contributed by atoms with Crippen LogP contribution in [0.5, 0.6) is 11.5 Å². The van der Waals surface area contributed by atoms with Gasteiger partial charge in [0.2, 0.25) is 5.13 Å². The van der Waals surface area contributed by atoms with Crippen LogP contribution in [-0.2, 0) is 6.61 Å². The summed E-state index contributed by atoms with van der Waals surface area (Å²) in [6.45, 7) is 1.92. The number of aryl methyl sites for hydroxylation is 1. The standard InChI is InChI=1S/C19H17ClFN3O2S/c1-12-11-27-19(23-12)24-22-9-13-6-7-17(18(8-13)25-2)26-10-14-15(20)4-3-5-16(14)21/h3-9,11H,10H2,1-2H3,(H,23,24). The number of thiazole rings is 1. The number of hydrogen-bond donors (Lipinski definition) is 1. The van der Waals surface area contributed by atoms with E-state index in [1.807, 2.05) is 18.4 Å². The van der Waals surface area contributed by atoms with Gasteiger partial charge in [0.05, 0.1) is 24.0 Å². The Balaban J connectivity index is 1.68. The number of benzene rings is 2. The second kappa shape index (κ2) is 8.83. The molecule has 27 heavy (non-hydrogen) atoms. The smallest absolute Gasteiger partial charge is 0.203 e. The molecule has 0 unspecified atom stereocenters. The third-order valence-corrected chi connectivity index (χ3v) is 4.83. The highest BCUT2D eigenvalue weighted by Gasteiger charge is 2.10. The Labute approximate surface area is 165 Å². The summed E-state index contributed by atoms with van der Waals surface area (Å²) in [4.78, 5) is 4.26. The molecular formula is C19H17ClFN3O2S. The van der Waals surface area contributed by atoms with E-state index in [0.717, 1.165) is 16.4 Å². The number of nitrogens with one attached hydrogen (secondary N) is 1. The second-order valence-electron chi connectivity index (χ2n) is 5.56. The summed E-state index contributed by atoms with van der Waals surface area (Å²) in [5.74, 6) is 0.586. The molecule has 0 aliphatic carbocycles. The highest BCUT2D eigenvalue weighted by molar-refractivity contribution is 7.13. The first-order valence-corrected chi connectivity index (χ1v) is 9.27. The number of aromatic nitrogens is 1. The van der Waals surface area contributed by atoms with Gasteiger partial charge in [0.25, 0.3) is 0 Å². The molecule has 140 valence electrons. The van der Waals surface area contributed by atoms with Crippen LogP contribution in [0.4, 0.5) is 9.52 Å². The maximum absolute atomic E-state index is 13.9. The predicted molar refractivity (Wildman–Crippen MR) is 107 cm³/mol. The fourth-order valence-electron chi connectivity index (χ4n) is 2.27. The molecule has 0 saturated heterocycles. The highest BCUT2D eigenvalue weighted by Crippen LogP contribution is 2.29. The molecule has 0 saturated carbocycles. The zero-order valence-electron chi connectivity index (χ0n) is 14.7. The number of hydrazone groups is 1. The Morgan fingerprint density at radius 3 is 2.85 bits per heavy atom. The van der Waals surface area contributed by atoms with Crippen LogP contribution < -0.4 is 14.9 Å². The van der Waals surface area contributed by atoms with E-state index in [1.165, 1.54) is 24.5 Å². The van der Waals surface area contributed by atoms with Gasteiger partial charge in [-0.05, 0) is 42.8 Å². The van der Waals surface area contributed by atoms with Crippen molar-refractivity contribution in [2.45, 2.75) is 13.5 Å². The first-order valence-electron chi connectivity index (χ1n) is 8.01. The average Bonchev–Trinajstić information content (AvgIpc) is 3.07. The molecule has 0 radical (unpaired) electrons. The van der Waals surface area contributed by atoms with Gasteiger partial charge < -0.3 is 9.47 Å². The van der Waals surface area contributed by atoms with Crippen LogP contribution in [0.2, 0.25) is 5.02 Å². The maximum atomic E-state index is 13.9. The second-order valence-corrected chi connectivity index (χ2v) is 6.83. The molecule has 0 aliphatic rings. The summed E-state index contributed by atoms with van der Waals surface area (Å²) in [7, 11) is 1.54. The Hall–Kier alpha value is -2.64. The molecule has 5 nitrogen and oxygen atoms in total. The van der Waals surface area contributed by atoms with Crippen LogP contribution in [0.3, 0.4) is 0 Å². The van der Waals surface area contributed by atoms with Gasteiger partial charge in [-0.15, -0.1) is 11.3 Å². The quantitative estimate of drug-likeness (QED) is 0.429. The summed E-state index contributed by atoms with van der Waals surface area (Å²) in [5.41, 5.74) is 4.92. The van der Waals surface area contributed by atoms with Crippen LogP contribution in [0, 0.1) is 12.7 Å². The molecule has 0 atom stereocenters. The van der Waals surface area contributed by atoms with Crippen LogP contribution in [-0.4, -0.2) is 18.3 Å². The van der Waals surface area contributed by atoms with Gasteiger partial charge in [-0.25, -0.2) is 9.37 Å². The average molecular weight is 406 g/mol. The van der Waals surface area contributed by atoms with Crippen molar-refractivity contribution in [2.75, 3.05) is 12.5 Å². The predicted octanol–water partition coefficient (Wildman–Crippen LogP) is 5.28. The monoisotopic (exact) mass is 405 g/mol. The van der Waals surface area contributed by atoms with Gasteiger partial charge in [-0.1, -0.05) is 17.7 Å². The van der Waals surface area contributed by atoms with Gasteiger partial charge in [0, 0.05) is 10.9 Å². The summed E-state index contributed by atoms with van der Waals surface area (Å²) in [5, 5.41) is 7.14. The molecule has 1 aromatic heterocycles. The third-order valence-electron chi connectivity index (χ3n) is 3.61. The molecule has 1 N–H and O–H groups in total. The molecule has 0 spiro atoms. The topological polar surface area (TPSA) is 55.7 Å². The Bertz CT molecular complexity index is 942. The summed E-state index contributed by atoms with van der Waals surface area (Å²) in [6.07, 6.45) is 1.65. The minimum Gasteiger partial charge on any atom is -0.493 e. The number of nitrogens with zero attached hydrogens (tertiary/aromatic N) is 2. The van der Waals surface area contributed by atoms with Crippen molar-refractivity contribution in [3.8, 4) is 11.5 Å². The van der Waals surface area contributed by atoms with Crippen LogP contribution >= 0.6 is 22.9 Å². The van der Waals surface area contributed by atoms with Gasteiger partial charge in [-0.2, -0.15) is 5.10 Å². The highest BCUT2D eigenvalue weighted by atomic mass is 35.5. The molecule has 0 aliphatic heterocycles. The van der Waals surface area contributed by atoms with Crippen molar-refractivity contribution < 1.29 is 13.9 Å². The molecule has 3 aromatic rings. The zero-order valence-corrected chi connectivity index (χ0v) is 16.3. The fraction of sp³-hybridized carbons (Fsp3) is 0.158. The lowest BCUT2D eigenvalue weighted by molar-refractivity contribution is 0.280. The number of anilines is 1. The lowest BCUT2D eigenvalue weighted by atomic mass is 10.2. The van der Waals surface area contributed by atoms with Crippen molar-refractivity contribution in [2.24, 2.45) is 5.10 Å². The number of halogens is 2. The molecule has 0 bridgehead atoms. The minimum absolute atomic E-state index is 0.000254. The zero-order chi connectivity index (χ0) is 19.2. The van der Waals surface area contributed by atoms with Crippen molar-refractivity contribution in [1.29, 1.82) is 0 Å². The van der Waals surface area contributed by atoms with Crippen LogP contribution in [0.1, 0.15) is 16.8 Å². The van der Waals surface area contributed by atoms with Crippen molar-refractivity contribution >= 4 is 34.3 Å². The SMILES string of the molecule is COc1cc(C=NNc2nc(C)cs2)ccc1OCc1c(F)cccc1Cl. The molecule has 1 heterocycles. The summed E-state index contributed by atoms with van der Waals surface area (Å²) < 4.78 is 24.9. The summed E-state index contributed by atoms with van der Waals surface area (Å²) >= 11 is 7.50. The van der Waals surface area contributed by atoms with Crippen LogP contribution in [0.15, 0.2) is 46.9 Å². The van der Waals surface area contributed by atoms with E-state index in [0.29, 0.717) is 22.1 Å². The van der Waals surface area contributed by atoms with Crippen molar-refractivity contribution in [3.05, 3.63) is 69.4 Å². The Morgan fingerprint density at radius 1 is 1.30 bits per heavy atom. The largest absolute Gasteiger partial charge is 0.493 e. The first kappa shape index (κ1) is 19.1. The van der Waals surface area contributed by atoms with Gasteiger partial charge in [-0.3, -0.25) is 5.43 Å². The van der Waals surface area contributed by atoms with Gasteiger partial charge in [0.1, 0.15) is 12.4 Å². The number of hydrogen-bond acceptors (Lipinski definition) is 6. The molecule has 3 rings (SSSR count). The molecule has 8 heteroatoms. The van der Waals surface area contributed by atoms with E-state index in [1.54, 1.807) is 30.5 Å². The Morgan fingerprint density at radius 2 is 2.15 bits per heavy atom. The van der Waals surface area contributed by atoms with Gasteiger partial charge >= 0.3 is 0 Å². The fourth-order valence-corrected chi connectivity index (χ4v) is 3.13. The van der Waals surface area contributed by atoms with E-state index in [9.17, 15) is 4.39 Å². The van der Waals surface area contributed by atoms with E-state index >= 15 is 0 Å². The van der Waals surface area contributed by atoms with Crippen molar-refractivity contribution in [1.82, 2.24) is 4.98 Å². The van der Waals surface area contributed by atoms with Crippen LogP contribution in [0.25, 0.3) is 0 Å². The lowest BCUT2D eigenvalue weighted by Gasteiger charge is -2.12.